The van der Waals surface area contributed by atoms with Crippen LogP contribution in [0, 0.1) is 11.8 Å². The molecule has 20 heavy (non-hydrogen) atoms. The van der Waals surface area contributed by atoms with E-state index in [1.165, 1.54) is 22.1 Å². The van der Waals surface area contributed by atoms with Crippen molar-refractivity contribution in [3.63, 3.8) is 0 Å². The molecular weight excluding hydrogens is 266 g/mol. The lowest BCUT2D eigenvalue weighted by molar-refractivity contribution is 0.323. The quantitative estimate of drug-likeness (QED) is 0.922. The molecule has 1 aromatic rings. The van der Waals surface area contributed by atoms with Gasteiger partial charge in [0.05, 0.1) is 5.69 Å². The van der Waals surface area contributed by atoms with Crippen LogP contribution >= 0.6 is 11.3 Å². The maximum atomic E-state index is 4.99. The summed E-state index contributed by atoms with van der Waals surface area (Å²) in [7, 11) is 2.01. The predicted molar refractivity (Wildman–Crippen MR) is 88.7 cm³/mol. The molecule has 2 unspecified atom stereocenters. The predicted octanol–water partition coefficient (Wildman–Crippen LogP) is 3.64. The van der Waals surface area contributed by atoms with E-state index in [4.69, 9.17) is 4.98 Å². The second kappa shape index (κ2) is 6.02. The molecule has 0 spiro atoms. The first-order valence-corrected chi connectivity index (χ1v) is 8.54. The summed E-state index contributed by atoms with van der Waals surface area (Å²) in [6.07, 6.45) is 1.28. The van der Waals surface area contributed by atoms with Gasteiger partial charge in [-0.1, -0.05) is 34.6 Å². The van der Waals surface area contributed by atoms with Crippen LogP contribution in [-0.4, -0.2) is 25.1 Å². The maximum absolute atomic E-state index is 4.99. The lowest BCUT2D eigenvalue weighted by atomic mass is 9.89. The van der Waals surface area contributed by atoms with Crippen LogP contribution in [0.15, 0.2) is 0 Å². The van der Waals surface area contributed by atoms with Crippen LogP contribution in [0.1, 0.15) is 51.6 Å². The zero-order valence-electron chi connectivity index (χ0n) is 13.8. The van der Waals surface area contributed by atoms with Gasteiger partial charge in [0.15, 0.2) is 5.13 Å². The number of nitrogens with zero attached hydrogens (tertiary/aromatic N) is 2. The van der Waals surface area contributed by atoms with Gasteiger partial charge in [-0.25, -0.2) is 4.98 Å². The first-order valence-electron chi connectivity index (χ1n) is 7.72. The van der Waals surface area contributed by atoms with E-state index < -0.39 is 0 Å². The van der Waals surface area contributed by atoms with Crippen molar-refractivity contribution in [1.29, 1.82) is 0 Å². The molecule has 1 aromatic heterocycles. The van der Waals surface area contributed by atoms with Gasteiger partial charge in [0, 0.05) is 29.9 Å². The Labute approximate surface area is 127 Å². The SMILES string of the molecule is CNCc1sc(N2CCC(C)C(C)C2)nc1C(C)(C)C. The summed E-state index contributed by atoms with van der Waals surface area (Å²) < 4.78 is 0. The zero-order chi connectivity index (χ0) is 14.9. The van der Waals surface area contributed by atoms with Crippen molar-refractivity contribution in [2.24, 2.45) is 11.8 Å². The van der Waals surface area contributed by atoms with Crippen molar-refractivity contribution in [1.82, 2.24) is 10.3 Å². The molecule has 3 nitrogen and oxygen atoms in total. The fraction of sp³-hybridized carbons (Fsp3) is 0.812. The Balaban J connectivity index is 2.24. The molecule has 2 rings (SSSR count). The summed E-state index contributed by atoms with van der Waals surface area (Å²) in [5, 5.41) is 4.50. The summed E-state index contributed by atoms with van der Waals surface area (Å²) in [5.41, 5.74) is 1.38. The van der Waals surface area contributed by atoms with Crippen molar-refractivity contribution < 1.29 is 0 Å². The molecule has 1 saturated heterocycles. The molecule has 0 aromatic carbocycles. The third-order valence-corrected chi connectivity index (χ3v) is 5.45. The number of aromatic nitrogens is 1. The van der Waals surface area contributed by atoms with Crippen molar-refractivity contribution in [3.05, 3.63) is 10.6 Å². The molecular formula is C16H29N3S. The van der Waals surface area contributed by atoms with E-state index in [2.05, 4.69) is 44.8 Å². The van der Waals surface area contributed by atoms with E-state index in [0.717, 1.165) is 31.5 Å². The Morgan fingerprint density at radius 2 is 2.00 bits per heavy atom. The molecule has 2 heterocycles. The number of hydrogen-bond acceptors (Lipinski definition) is 4. The van der Waals surface area contributed by atoms with Gasteiger partial charge in [-0.05, 0) is 25.3 Å². The molecule has 0 amide bonds. The largest absolute Gasteiger partial charge is 0.348 e. The van der Waals surface area contributed by atoms with Crippen molar-refractivity contribution >= 4 is 16.5 Å². The third-order valence-electron chi connectivity index (χ3n) is 4.34. The topological polar surface area (TPSA) is 28.2 Å². The minimum atomic E-state index is 0.121. The van der Waals surface area contributed by atoms with Crippen LogP contribution in [0.25, 0.3) is 0 Å². The molecule has 114 valence electrons. The normalized spacial score (nSPS) is 24.2. The van der Waals surface area contributed by atoms with Crippen molar-refractivity contribution in [2.45, 2.75) is 53.0 Å². The second-order valence-corrected chi connectivity index (χ2v) is 8.30. The van der Waals surface area contributed by atoms with Gasteiger partial charge >= 0.3 is 0 Å². The Morgan fingerprint density at radius 1 is 1.30 bits per heavy atom. The van der Waals surface area contributed by atoms with Gasteiger partial charge in [0.25, 0.3) is 0 Å². The molecule has 1 N–H and O–H groups in total. The first kappa shape index (κ1) is 15.8. The van der Waals surface area contributed by atoms with Gasteiger partial charge < -0.3 is 10.2 Å². The molecule has 1 aliphatic heterocycles. The summed E-state index contributed by atoms with van der Waals surface area (Å²) in [4.78, 5) is 8.87. The first-order chi connectivity index (χ1) is 9.32. The Morgan fingerprint density at radius 3 is 2.55 bits per heavy atom. The minimum absolute atomic E-state index is 0.121. The molecule has 4 heteroatoms. The monoisotopic (exact) mass is 295 g/mol. The molecule has 0 aliphatic carbocycles. The number of rotatable bonds is 3. The molecule has 0 saturated carbocycles. The fourth-order valence-electron chi connectivity index (χ4n) is 2.78. The molecule has 0 bridgehead atoms. The Kier molecular flexibility index (Phi) is 4.75. The molecule has 0 radical (unpaired) electrons. The maximum Gasteiger partial charge on any atom is 0.185 e. The Bertz CT molecular complexity index is 447. The summed E-state index contributed by atoms with van der Waals surface area (Å²) in [5.74, 6) is 1.60. The van der Waals surface area contributed by atoms with E-state index in [0.29, 0.717) is 0 Å². The fourth-order valence-corrected chi connectivity index (χ4v) is 4.09. The van der Waals surface area contributed by atoms with Crippen molar-refractivity contribution in [3.8, 4) is 0 Å². The molecule has 2 atom stereocenters. The average molecular weight is 295 g/mol. The highest BCUT2D eigenvalue weighted by molar-refractivity contribution is 7.15. The highest BCUT2D eigenvalue weighted by Gasteiger charge is 2.28. The summed E-state index contributed by atoms with van der Waals surface area (Å²) >= 11 is 1.87. The Hall–Kier alpha value is -0.610. The molecule has 1 aliphatic rings. The second-order valence-electron chi connectivity index (χ2n) is 7.24. The number of piperidine rings is 1. The summed E-state index contributed by atoms with van der Waals surface area (Å²) in [6.45, 7) is 14.7. The van der Waals surface area contributed by atoms with E-state index in [-0.39, 0.29) is 5.41 Å². The van der Waals surface area contributed by atoms with Crippen LogP contribution in [0.4, 0.5) is 5.13 Å². The number of hydrogen-bond donors (Lipinski definition) is 1. The number of anilines is 1. The van der Waals surface area contributed by atoms with Gasteiger partial charge in [0.1, 0.15) is 0 Å². The standard InChI is InChI=1S/C16H29N3S/c1-11-7-8-19(10-12(11)2)15-18-14(16(3,4)5)13(20-15)9-17-6/h11-12,17H,7-10H2,1-6H3. The van der Waals surface area contributed by atoms with Crippen LogP contribution in [-0.2, 0) is 12.0 Å². The average Bonchev–Trinajstić information content (AvgIpc) is 2.77. The number of nitrogens with one attached hydrogen (secondary N) is 1. The van der Waals surface area contributed by atoms with Crippen LogP contribution < -0.4 is 10.2 Å². The molecule has 1 fully saturated rings. The van der Waals surface area contributed by atoms with Gasteiger partial charge in [-0.2, -0.15) is 0 Å². The van der Waals surface area contributed by atoms with E-state index in [9.17, 15) is 0 Å². The van der Waals surface area contributed by atoms with E-state index >= 15 is 0 Å². The number of thiazole rings is 1. The van der Waals surface area contributed by atoms with Crippen molar-refractivity contribution in [2.75, 3.05) is 25.0 Å². The minimum Gasteiger partial charge on any atom is -0.348 e. The van der Waals surface area contributed by atoms with Crippen LogP contribution in [0.2, 0.25) is 0 Å². The van der Waals surface area contributed by atoms with Crippen LogP contribution in [0.5, 0.6) is 0 Å². The lowest BCUT2D eigenvalue weighted by Gasteiger charge is -2.35. The highest BCUT2D eigenvalue weighted by atomic mass is 32.1. The van der Waals surface area contributed by atoms with Gasteiger partial charge in [-0.3, -0.25) is 0 Å². The highest BCUT2D eigenvalue weighted by Crippen LogP contribution is 2.36. The smallest absolute Gasteiger partial charge is 0.185 e. The van der Waals surface area contributed by atoms with E-state index in [1.54, 1.807) is 0 Å². The zero-order valence-corrected chi connectivity index (χ0v) is 14.6. The van der Waals surface area contributed by atoms with Gasteiger partial charge in [-0.15, -0.1) is 11.3 Å². The van der Waals surface area contributed by atoms with Crippen LogP contribution in [0.3, 0.4) is 0 Å². The van der Waals surface area contributed by atoms with Gasteiger partial charge in [0.2, 0.25) is 0 Å². The lowest BCUT2D eigenvalue weighted by Crippen LogP contribution is -2.38. The van der Waals surface area contributed by atoms with E-state index in [1.807, 2.05) is 18.4 Å². The third kappa shape index (κ3) is 3.34. The summed E-state index contributed by atoms with van der Waals surface area (Å²) in [6, 6.07) is 0.